The van der Waals surface area contributed by atoms with Crippen LogP contribution in [0.15, 0.2) is 0 Å². The predicted octanol–water partition coefficient (Wildman–Crippen LogP) is 1.90. The van der Waals surface area contributed by atoms with E-state index in [0.717, 1.165) is 13.2 Å². The van der Waals surface area contributed by atoms with Crippen molar-refractivity contribution in [3.05, 3.63) is 0 Å². The molecule has 2 N–H and O–H groups in total. The third-order valence-corrected chi connectivity index (χ3v) is 3.53. The maximum atomic E-state index is 5.42. The SMILES string of the molecule is CCC1(C)CCCN(CCOCCN)C1.Cl. The lowest BCUT2D eigenvalue weighted by atomic mass is 9.80. The number of halogens is 1. The fourth-order valence-electron chi connectivity index (χ4n) is 2.29. The van der Waals surface area contributed by atoms with Gasteiger partial charge in [0.1, 0.15) is 0 Å². The van der Waals surface area contributed by atoms with Crippen molar-refractivity contribution in [3.8, 4) is 0 Å². The van der Waals surface area contributed by atoms with Crippen molar-refractivity contribution in [1.29, 1.82) is 0 Å². The molecule has 0 aromatic rings. The molecule has 1 atom stereocenters. The van der Waals surface area contributed by atoms with Gasteiger partial charge in [-0.3, -0.25) is 0 Å². The largest absolute Gasteiger partial charge is 0.379 e. The molecule has 0 amide bonds. The van der Waals surface area contributed by atoms with Gasteiger partial charge in [-0.25, -0.2) is 0 Å². The highest BCUT2D eigenvalue weighted by Crippen LogP contribution is 2.32. The van der Waals surface area contributed by atoms with Crippen LogP contribution in [0.1, 0.15) is 33.1 Å². The molecule has 0 aromatic heterocycles. The van der Waals surface area contributed by atoms with Gasteiger partial charge in [-0.15, -0.1) is 12.4 Å². The molecule has 0 aliphatic carbocycles. The van der Waals surface area contributed by atoms with E-state index in [1.807, 2.05) is 0 Å². The maximum Gasteiger partial charge on any atom is 0.0594 e. The summed E-state index contributed by atoms with van der Waals surface area (Å²) in [5.41, 5.74) is 5.91. The fraction of sp³-hybridized carbons (Fsp3) is 1.00. The van der Waals surface area contributed by atoms with Crippen LogP contribution in [0, 0.1) is 5.41 Å². The number of likely N-dealkylation sites (tertiary alicyclic amines) is 1. The number of piperidine rings is 1. The summed E-state index contributed by atoms with van der Waals surface area (Å²) in [6.07, 6.45) is 4.00. The van der Waals surface area contributed by atoms with Crippen LogP contribution in [0.4, 0.5) is 0 Å². The summed E-state index contributed by atoms with van der Waals surface area (Å²) in [4.78, 5) is 2.53. The highest BCUT2D eigenvalue weighted by Gasteiger charge is 2.28. The second-order valence-corrected chi connectivity index (χ2v) is 4.94. The van der Waals surface area contributed by atoms with Crippen molar-refractivity contribution in [3.63, 3.8) is 0 Å². The van der Waals surface area contributed by atoms with E-state index >= 15 is 0 Å². The van der Waals surface area contributed by atoms with Gasteiger partial charge in [-0.1, -0.05) is 13.8 Å². The van der Waals surface area contributed by atoms with Crippen LogP contribution < -0.4 is 5.73 Å². The van der Waals surface area contributed by atoms with Gasteiger partial charge in [0.05, 0.1) is 13.2 Å². The first-order valence-corrected chi connectivity index (χ1v) is 6.20. The summed E-state index contributed by atoms with van der Waals surface area (Å²) in [7, 11) is 0. The first kappa shape index (κ1) is 16.2. The Balaban J connectivity index is 0.00000225. The molecule has 1 rings (SSSR count). The molecule has 1 heterocycles. The predicted molar refractivity (Wildman–Crippen MR) is 71.2 cm³/mol. The Morgan fingerprint density at radius 1 is 1.38 bits per heavy atom. The number of ether oxygens (including phenoxy) is 1. The van der Waals surface area contributed by atoms with E-state index < -0.39 is 0 Å². The van der Waals surface area contributed by atoms with Crippen molar-refractivity contribution in [1.82, 2.24) is 4.90 Å². The van der Waals surface area contributed by atoms with Crippen LogP contribution in [0.5, 0.6) is 0 Å². The first-order valence-electron chi connectivity index (χ1n) is 6.20. The Morgan fingerprint density at radius 3 is 2.75 bits per heavy atom. The molecule has 16 heavy (non-hydrogen) atoms. The standard InChI is InChI=1S/C12H26N2O.ClH/c1-3-12(2)5-4-7-14(11-12)8-10-15-9-6-13;/h3-11,13H2,1-2H3;1H. The van der Waals surface area contributed by atoms with Gasteiger partial charge in [0.15, 0.2) is 0 Å². The number of hydrogen-bond donors (Lipinski definition) is 1. The topological polar surface area (TPSA) is 38.5 Å². The molecule has 0 bridgehead atoms. The first-order chi connectivity index (χ1) is 7.20. The Kier molecular flexibility index (Phi) is 8.38. The highest BCUT2D eigenvalue weighted by atomic mass is 35.5. The molecule has 0 aromatic carbocycles. The molecule has 3 nitrogen and oxygen atoms in total. The van der Waals surface area contributed by atoms with Crippen LogP contribution in [0.3, 0.4) is 0 Å². The normalized spacial score (nSPS) is 26.4. The van der Waals surface area contributed by atoms with Gasteiger partial charge in [-0.2, -0.15) is 0 Å². The van der Waals surface area contributed by atoms with Crippen LogP contribution in [0.25, 0.3) is 0 Å². The van der Waals surface area contributed by atoms with Gasteiger partial charge in [0.2, 0.25) is 0 Å². The number of hydrogen-bond acceptors (Lipinski definition) is 3. The van der Waals surface area contributed by atoms with Gasteiger partial charge in [-0.05, 0) is 31.2 Å². The molecule has 0 radical (unpaired) electrons. The third-order valence-electron chi connectivity index (χ3n) is 3.53. The lowest BCUT2D eigenvalue weighted by Crippen LogP contribution is -2.42. The molecule has 1 saturated heterocycles. The minimum atomic E-state index is 0. The van der Waals surface area contributed by atoms with Crippen LogP contribution in [0.2, 0.25) is 0 Å². The van der Waals surface area contributed by atoms with Gasteiger partial charge in [0.25, 0.3) is 0 Å². The van der Waals surface area contributed by atoms with E-state index in [0.29, 0.717) is 18.6 Å². The Bertz CT molecular complexity index is 180. The summed E-state index contributed by atoms with van der Waals surface area (Å²) < 4.78 is 5.42. The van der Waals surface area contributed by atoms with Crippen LogP contribution in [-0.2, 0) is 4.74 Å². The zero-order valence-corrected chi connectivity index (χ0v) is 11.5. The average Bonchev–Trinajstić information content (AvgIpc) is 2.25. The van der Waals surface area contributed by atoms with E-state index in [9.17, 15) is 0 Å². The van der Waals surface area contributed by atoms with Crippen molar-refractivity contribution < 1.29 is 4.74 Å². The smallest absolute Gasteiger partial charge is 0.0594 e. The molecule has 1 aliphatic rings. The van der Waals surface area contributed by atoms with Crippen molar-refractivity contribution in [2.24, 2.45) is 11.1 Å². The molecule has 1 fully saturated rings. The summed E-state index contributed by atoms with van der Waals surface area (Å²) in [6, 6.07) is 0. The number of nitrogens with zero attached hydrogens (tertiary/aromatic N) is 1. The zero-order valence-electron chi connectivity index (χ0n) is 10.7. The number of rotatable bonds is 6. The van der Waals surface area contributed by atoms with E-state index in [4.69, 9.17) is 10.5 Å². The van der Waals surface area contributed by atoms with Gasteiger partial charge in [0, 0.05) is 19.6 Å². The van der Waals surface area contributed by atoms with Crippen molar-refractivity contribution in [2.75, 3.05) is 39.4 Å². The maximum absolute atomic E-state index is 5.42. The Labute approximate surface area is 106 Å². The molecule has 4 heteroatoms. The monoisotopic (exact) mass is 250 g/mol. The summed E-state index contributed by atoms with van der Waals surface area (Å²) in [5.74, 6) is 0. The molecule has 1 aliphatic heterocycles. The number of nitrogens with two attached hydrogens (primary N) is 1. The Hall–Kier alpha value is 0.170. The van der Waals surface area contributed by atoms with Crippen molar-refractivity contribution >= 4 is 12.4 Å². The fourth-order valence-corrected chi connectivity index (χ4v) is 2.29. The van der Waals surface area contributed by atoms with E-state index in [1.165, 1.54) is 32.4 Å². The molecular weight excluding hydrogens is 224 g/mol. The summed E-state index contributed by atoms with van der Waals surface area (Å²) in [6.45, 7) is 10.4. The average molecular weight is 251 g/mol. The molecule has 0 saturated carbocycles. The zero-order chi connectivity index (χ0) is 11.1. The lowest BCUT2D eigenvalue weighted by molar-refractivity contribution is 0.0589. The minimum Gasteiger partial charge on any atom is -0.379 e. The quantitative estimate of drug-likeness (QED) is 0.732. The van der Waals surface area contributed by atoms with E-state index in [-0.39, 0.29) is 12.4 Å². The second-order valence-electron chi connectivity index (χ2n) is 4.94. The van der Waals surface area contributed by atoms with E-state index in [1.54, 1.807) is 0 Å². The Morgan fingerprint density at radius 2 is 2.12 bits per heavy atom. The molecule has 0 spiro atoms. The lowest BCUT2D eigenvalue weighted by Gasteiger charge is -2.40. The van der Waals surface area contributed by atoms with Gasteiger partial charge < -0.3 is 15.4 Å². The minimum absolute atomic E-state index is 0. The van der Waals surface area contributed by atoms with E-state index in [2.05, 4.69) is 18.7 Å². The van der Waals surface area contributed by atoms with Crippen molar-refractivity contribution in [2.45, 2.75) is 33.1 Å². The highest BCUT2D eigenvalue weighted by molar-refractivity contribution is 5.85. The van der Waals surface area contributed by atoms with Crippen LogP contribution >= 0.6 is 12.4 Å². The third kappa shape index (κ3) is 5.48. The summed E-state index contributed by atoms with van der Waals surface area (Å²) in [5, 5.41) is 0. The molecule has 98 valence electrons. The molecule has 1 unspecified atom stereocenters. The second kappa shape index (κ2) is 8.29. The van der Waals surface area contributed by atoms with Crippen LogP contribution in [-0.4, -0.2) is 44.3 Å². The molecular formula is C12H27ClN2O. The summed E-state index contributed by atoms with van der Waals surface area (Å²) >= 11 is 0. The van der Waals surface area contributed by atoms with Gasteiger partial charge >= 0.3 is 0 Å².